The molecule has 0 bridgehead atoms. The predicted octanol–water partition coefficient (Wildman–Crippen LogP) is 0.738. The SMILES string of the molecule is CCCCOC(=O)NCCCC(O)C(=O)O. The second-order valence-electron chi connectivity index (χ2n) is 3.41. The normalized spacial score (nSPS) is 11.9. The van der Waals surface area contributed by atoms with Crippen LogP contribution in [0.4, 0.5) is 4.79 Å². The van der Waals surface area contributed by atoms with Crippen LogP contribution in [0.1, 0.15) is 32.6 Å². The highest BCUT2D eigenvalue weighted by molar-refractivity contribution is 5.71. The molecule has 0 heterocycles. The zero-order valence-corrected chi connectivity index (χ0v) is 9.44. The summed E-state index contributed by atoms with van der Waals surface area (Å²) in [7, 11) is 0. The number of nitrogens with one attached hydrogen (secondary N) is 1. The van der Waals surface area contributed by atoms with Gasteiger partial charge in [0.25, 0.3) is 0 Å². The van der Waals surface area contributed by atoms with Crippen LogP contribution in [0.3, 0.4) is 0 Å². The van der Waals surface area contributed by atoms with Gasteiger partial charge in [-0.1, -0.05) is 13.3 Å². The number of unbranched alkanes of at least 4 members (excludes halogenated alkanes) is 1. The van der Waals surface area contributed by atoms with E-state index in [4.69, 9.17) is 14.9 Å². The molecule has 0 radical (unpaired) electrons. The maximum absolute atomic E-state index is 11.0. The van der Waals surface area contributed by atoms with Crippen molar-refractivity contribution in [2.75, 3.05) is 13.2 Å². The monoisotopic (exact) mass is 233 g/mol. The number of amides is 1. The van der Waals surface area contributed by atoms with Gasteiger partial charge in [0.05, 0.1) is 6.61 Å². The van der Waals surface area contributed by atoms with Crippen molar-refractivity contribution in [2.24, 2.45) is 0 Å². The molecule has 0 aliphatic rings. The highest BCUT2D eigenvalue weighted by Gasteiger charge is 2.12. The molecule has 0 aromatic carbocycles. The first kappa shape index (κ1) is 14.7. The maximum Gasteiger partial charge on any atom is 0.407 e. The van der Waals surface area contributed by atoms with Crippen LogP contribution in [0, 0.1) is 0 Å². The second kappa shape index (κ2) is 8.96. The quantitative estimate of drug-likeness (QED) is 0.537. The Balaban J connectivity index is 3.37. The van der Waals surface area contributed by atoms with Gasteiger partial charge in [-0.2, -0.15) is 0 Å². The van der Waals surface area contributed by atoms with Crippen molar-refractivity contribution in [2.45, 2.75) is 38.7 Å². The molecule has 6 heteroatoms. The molecule has 0 saturated carbocycles. The molecule has 0 aromatic heterocycles. The number of carbonyl (C=O) groups excluding carboxylic acids is 1. The minimum atomic E-state index is -1.36. The highest BCUT2D eigenvalue weighted by Crippen LogP contribution is 1.96. The van der Waals surface area contributed by atoms with Crippen LogP contribution in [0.15, 0.2) is 0 Å². The molecule has 16 heavy (non-hydrogen) atoms. The number of carbonyl (C=O) groups is 2. The van der Waals surface area contributed by atoms with Crippen molar-refractivity contribution in [3.63, 3.8) is 0 Å². The largest absolute Gasteiger partial charge is 0.479 e. The standard InChI is InChI=1S/C10H19NO5/c1-2-3-7-16-10(15)11-6-4-5-8(12)9(13)14/h8,12H,2-7H2,1H3,(H,11,15)(H,13,14). The lowest BCUT2D eigenvalue weighted by Crippen LogP contribution is -2.27. The van der Waals surface area contributed by atoms with E-state index in [9.17, 15) is 9.59 Å². The Morgan fingerprint density at radius 1 is 1.38 bits per heavy atom. The van der Waals surface area contributed by atoms with E-state index in [1.54, 1.807) is 0 Å². The number of aliphatic carboxylic acids is 1. The van der Waals surface area contributed by atoms with Crippen LogP contribution < -0.4 is 5.32 Å². The van der Waals surface area contributed by atoms with Crippen molar-refractivity contribution in [3.05, 3.63) is 0 Å². The third kappa shape index (κ3) is 8.05. The molecule has 6 nitrogen and oxygen atoms in total. The summed E-state index contributed by atoms with van der Waals surface area (Å²) >= 11 is 0. The average molecular weight is 233 g/mol. The van der Waals surface area contributed by atoms with Gasteiger partial charge in [-0.25, -0.2) is 9.59 Å². The van der Waals surface area contributed by atoms with Crippen molar-refractivity contribution >= 4 is 12.1 Å². The van der Waals surface area contributed by atoms with Crippen molar-refractivity contribution in [3.8, 4) is 0 Å². The van der Waals surface area contributed by atoms with E-state index in [1.807, 2.05) is 6.92 Å². The highest BCUT2D eigenvalue weighted by atomic mass is 16.5. The van der Waals surface area contributed by atoms with E-state index in [0.717, 1.165) is 12.8 Å². The van der Waals surface area contributed by atoms with Gasteiger partial charge in [-0.05, 0) is 19.3 Å². The third-order valence-corrected chi connectivity index (χ3v) is 1.94. The summed E-state index contributed by atoms with van der Waals surface area (Å²) in [6, 6.07) is 0. The molecule has 1 atom stereocenters. The molecule has 0 saturated heterocycles. The Kier molecular flexibility index (Phi) is 8.24. The molecule has 0 aliphatic carbocycles. The molecule has 0 aliphatic heterocycles. The summed E-state index contributed by atoms with van der Waals surface area (Å²) in [5.41, 5.74) is 0. The minimum Gasteiger partial charge on any atom is -0.479 e. The molecule has 0 fully saturated rings. The molecule has 0 aromatic rings. The van der Waals surface area contributed by atoms with Crippen LogP contribution in [0.25, 0.3) is 0 Å². The zero-order valence-electron chi connectivity index (χ0n) is 9.44. The fourth-order valence-electron chi connectivity index (χ4n) is 0.970. The second-order valence-corrected chi connectivity index (χ2v) is 3.41. The number of carboxylic acid groups (broad SMARTS) is 1. The number of rotatable bonds is 8. The first-order valence-electron chi connectivity index (χ1n) is 5.39. The Bertz CT molecular complexity index is 219. The summed E-state index contributed by atoms with van der Waals surface area (Å²) in [6.07, 6.45) is 0.431. The molecule has 3 N–H and O–H groups in total. The number of aliphatic hydroxyl groups excluding tert-OH is 1. The fourth-order valence-corrected chi connectivity index (χ4v) is 0.970. The average Bonchev–Trinajstić information content (AvgIpc) is 2.24. The van der Waals surface area contributed by atoms with E-state index >= 15 is 0 Å². The van der Waals surface area contributed by atoms with Crippen molar-refractivity contribution in [1.29, 1.82) is 0 Å². The van der Waals surface area contributed by atoms with Crippen LogP contribution in [-0.2, 0) is 9.53 Å². The lowest BCUT2D eigenvalue weighted by molar-refractivity contribution is -0.146. The Morgan fingerprint density at radius 2 is 2.06 bits per heavy atom. The van der Waals surface area contributed by atoms with Gasteiger partial charge in [0.1, 0.15) is 0 Å². The Hall–Kier alpha value is -1.30. The predicted molar refractivity (Wildman–Crippen MR) is 57.1 cm³/mol. The van der Waals surface area contributed by atoms with Gasteiger partial charge in [0.2, 0.25) is 0 Å². The first-order chi connectivity index (χ1) is 7.57. The van der Waals surface area contributed by atoms with Crippen LogP contribution >= 0.6 is 0 Å². The van der Waals surface area contributed by atoms with Gasteiger partial charge in [-0.3, -0.25) is 0 Å². The Labute approximate surface area is 94.6 Å². The third-order valence-electron chi connectivity index (χ3n) is 1.94. The van der Waals surface area contributed by atoms with E-state index in [-0.39, 0.29) is 6.42 Å². The van der Waals surface area contributed by atoms with Crippen LogP contribution in [0.5, 0.6) is 0 Å². The molecular formula is C10H19NO5. The van der Waals surface area contributed by atoms with Gasteiger partial charge >= 0.3 is 12.1 Å². The molecule has 0 rings (SSSR count). The van der Waals surface area contributed by atoms with Gasteiger partial charge in [0, 0.05) is 6.54 Å². The number of aliphatic hydroxyl groups is 1. The van der Waals surface area contributed by atoms with E-state index in [2.05, 4.69) is 5.32 Å². The number of ether oxygens (including phenoxy) is 1. The minimum absolute atomic E-state index is 0.116. The van der Waals surface area contributed by atoms with Crippen molar-refractivity contribution in [1.82, 2.24) is 5.32 Å². The molecule has 1 unspecified atom stereocenters. The number of carboxylic acids is 1. The van der Waals surface area contributed by atoms with Gasteiger partial charge in [0.15, 0.2) is 6.10 Å². The number of hydrogen-bond acceptors (Lipinski definition) is 4. The number of hydrogen-bond donors (Lipinski definition) is 3. The zero-order chi connectivity index (χ0) is 12.4. The summed E-state index contributed by atoms with van der Waals surface area (Å²) in [6.45, 7) is 2.68. The van der Waals surface area contributed by atoms with E-state index in [0.29, 0.717) is 19.6 Å². The fraction of sp³-hybridized carbons (Fsp3) is 0.800. The number of alkyl carbamates (subject to hydrolysis) is 1. The summed E-state index contributed by atoms with van der Waals surface area (Å²) < 4.78 is 4.81. The van der Waals surface area contributed by atoms with E-state index in [1.165, 1.54) is 0 Å². The van der Waals surface area contributed by atoms with E-state index < -0.39 is 18.2 Å². The van der Waals surface area contributed by atoms with Gasteiger partial charge in [-0.15, -0.1) is 0 Å². The Morgan fingerprint density at radius 3 is 2.62 bits per heavy atom. The first-order valence-corrected chi connectivity index (χ1v) is 5.39. The van der Waals surface area contributed by atoms with Crippen LogP contribution in [0.2, 0.25) is 0 Å². The van der Waals surface area contributed by atoms with Gasteiger partial charge < -0.3 is 20.3 Å². The molecule has 1 amide bonds. The van der Waals surface area contributed by atoms with Crippen LogP contribution in [-0.4, -0.2) is 41.5 Å². The molecule has 0 spiro atoms. The molecular weight excluding hydrogens is 214 g/mol. The topological polar surface area (TPSA) is 95.9 Å². The van der Waals surface area contributed by atoms with Crippen molar-refractivity contribution < 1.29 is 24.5 Å². The summed E-state index contributed by atoms with van der Waals surface area (Å²) in [4.78, 5) is 21.2. The summed E-state index contributed by atoms with van der Waals surface area (Å²) in [5, 5.41) is 19.8. The maximum atomic E-state index is 11.0. The lowest BCUT2D eigenvalue weighted by atomic mass is 10.2. The summed E-state index contributed by atoms with van der Waals surface area (Å²) in [5.74, 6) is -1.24. The smallest absolute Gasteiger partial charge is 0.407 e. The molecule has 94 valence electrons. The lowest BCUT2D eigenvalue weighted by Gasteiger charge is -2.07.